The zero-order chi connectivity index (χ0) is 13.8. The van der Waals surface area contributed by atoms with Crippen molar-refractivity contribution in [2.24, 2.45) is 5.41 Å². The Bertz CT molecular complexity index is 572. The van der Waals surface area contributed by atoms with E-state index in [-0.39, 0.29) is 12.5 Å². The van der Waals surface area contributed by atoms with Crippen LogP contribution >= 0.6 is 11.3 Å². The number of hydrogen-bond donors (Lipinski definition) is 1. The first-order chi connectivity index (χ1) is 8.86. The number of nitrogens with zero attached hydrogens (tertiary/aromatic N) is 1. The van der Waals surface area contributed by atoms with Gasteiger partial charge in [0.05, 0.1) is 5.69 Å². The number of cyclic esters (lactones) is 2. The minimum Gasteiger partial charge on any atom is -0.462 e. The van der Waals surface area contributed by atoms with Gasteiger partial charge < -0.3 is 15.2 Å². The van der Waals surface area contributed by atoms with Gasteiger partial charge in [0.1, 0.15) is 6.10 Å². The fourth-order valence-electron chi connectivity index (χ4n) is 2.88. The summed E-state index contributed by atoms with van der Waals surface area (Å²) in [6, 6.07) is 0. The van der Waals surface area contributed by atoms with Gasteiger partial charge in [-0.1, -0.05) is 0 Å². The van der Waals surface area contributed by atoms with E-state index in [4.69, 9.17) is 15.2 Å². The first kappa shape index (κ1) is 12.4. The molecule has 2 aliphatic rings. The number of anilines is 1. The minimum atomic E-state index is -1.17. The molecule has 1 aromatic heterocycles. The Balaban J connectivity index is 1.98. The van der Waals surface area contributed by atoms with Gasteiger partial charge in [0.15, 0.2) is 16.1 Å². The highest BCUT2D eigenvalue weighted by Crippen LogP contribution is 2.52. The molecule has 6 nitrogen and oxygen atoms in total. The molecule has 2 fully saturated rings. The Kier molecular flexibility index (Phi) is 2.41. The smallest absolute Gasteiger partial charge is 0.324 e. The van der Waals surface area contributed by atoms with Gasteiger partial charge in [-0.3, -0.25) is 9.59 Å². The quantitative estimate of drug-likeness (QED) is 0.615. The summed E-state index contributed by atoms with van der Waals surface area (Å²) in [6.07, 6.45) is 0.355. The van der Waals surface area contributed by atoms with Crippen molar-refractivity contribution in [3.63, 3.8) is 0 Å². The number of esters is 2. The van der Waals surface area contributed by atoms with Gasteiger partial charge in [-0.05, 0) is 13.8 Å². The molecule has 2 aliphatic heterocycles. The van der Waals surface area contributed by atoms with E-state index in [1.807, 2.05) is 0 Å². The second kappa shape index (κ2) is 3.69. The standard InChI is InChI=1S/C12H14N2O4S/c1-6-3-12(8(15)17-6)5-11(2,18-9(12)16)7-4-19-10(13)14-7/h4,6H,3,5H2,1-2H3,(H2,13,14)/t6-,11+,12-/m0/s1. The van der Waals surface area contributed by atoms with Crippen LogP contribution in [0.5, 0.6) is 0 Å². The van der Waals surface area contributed by atoms with Crippen LogP contribution in [-0.2, 0) is 24.7 Å². The van der Waals surface area contributed by atoms with Crippen LogP contribution < -0.4 is 5.73 Å². The lowest BCUT2D eigenvalue weighted by Crippen LogP contribution is -2.31. The van der Waals surface area contributed by atoms with E-state index in [0.717, 1.165) is 0 Å². The molecule has 0 bridgehead atoms. The van der Waals surface area contributed by atoms with Crippen molar-refractivity contribution in [3.8, 4) is 0 Å². The van der Waals surface area contributed by atoms with Crippen LogP contribution in [0.1, 0.15) is 32.4 Å². The molecule has 2 N–H and O–H groups in total. The van der Waals surface area contributed by atoms with E-state index in [2.05, 4.69) is 4.98 Å². The normalized spacial score (nSPS) is 37.7. The van der Waals surface area contributed by atoms with Gasteiger partial charge in [0.2, 0.25) is 0 Å². The summed E-state index contributed by atoms with van der Waals surface area (Å²) in [5.41, 5.74) is 4.12. The molecular formula is C12H14N2O4S. The van der Waals surface area contributed by atoms with Gasteiger partial charge in [-0.25, -0.2) is 4.98 Å². The third-order valence-electron chi connectivity index (χ3n) is 3.75. The third kappa shape index (κ3) is 1.64. The Labute approximate surface area is 113 Å². The van der Waals surface area contributed by atoms with Crippen LogP contribution in [0.2, 0.25) is 0 Å². The van der Waals surface area contributed by atoms with Crippen molar-refractivity contribution < 1.29 is 19.1 Å². The zero-order valence-electron chi connectivity index (χ0n) is 10.6. The lowest BCUT2D eigenvalue weighted by atomic mass is 9.78. The molecule has 3 atom stereocenters. The fraction of sp³-hybridized carbons (Fsp3) is 0.583. The van der Waals surface area contributed by atoms with Crippen LogP contribution in [0, 0.1) is 5.41 Å². The van der Waals surface area contributed by atoms with Gasteiger partial charge in [-0.15, -0.1) is 11.3 Å². The first-order valence-corrected chi connectivity index (χ1v) is 6.90. The number of aromatic nitrogens is 1. The number of carbonyl (C=O) groups excluding carboxylic acids is 2. The minimum absolute atomic E-state index is 0.255. The summed E-state index contributed by atoms with van der Waals surface area (Å²) < 4.78 is 10.6. The molecule has 0 aromatic carbocycles. The fourth-order valence-corrected chi connectivity index (χ4v) is 3.57. The molecule has 1 spiro atoms. The van der Waals surface area contributed by atoms with E-state index in [1.165, 1.54) is 11.3 Å². The van der Waals surface area contributed by atoms with E-state index in [9.17, 15) is 9.59 Å². The van der Waals surface area contributed by atoms with Crippen molar-refractivity contribution in [2.75, 3.05) is 5.73 Å². The molecule has 2 saturated heterocycles. The second-order valence-electron chi connectivity index (χ2n) is 5.37. The number of rotatable bonds is 1. The molecule has 1 aromatic rings. The van der Waals surface area contributed by atoms with Crippen molar-refractivity contribution in [3.05, 3.63) is 11.1 Å². The molecule has 0 aliphatic carbocycles. The molecule has 0 radical (unpaired) electrons. The monoisotopic (exact) mass is 282 g/mol. The van der Waals surface area contributed by atoms with Crippen molar-refractivity contribution in [2.45, 2.75) is 38.4 Å². The predicted molar refractivity (Wildman–Crippen MR) is 67.2 cm³/mol. The molecule has 3 rings (SSSR count). The SMILES string of the molecule is C[C@H]1C[C@]2(C[C@](C)(c3csc(N)n3)OC2=O)C(=O)O1. The molecule has 0 unspecified atom stereocenters. The lowest BCUT2D eigenvalue weighted by Gasteiger charge is -2.20. The van der Waals surface area contributed by atoms with Gasteiger partial charge in [-0.2, -0.15) is 0 Å². The number of nitrogen functional groups attached to an aromatic ring is 1. The Morgan fingerprint density at radius 3 is 2.74 bits per heavy atom. The maximum atomic E-state index is 12.2. The van der Waals surface area contributed by atoms with Gasteiger partial charge in [0, 0.05) is 18.2 Å². The van der Waals surface area contributed by atoms with E-state index < -0.39 is 23.0 Å². The van der Waals surface area contributed by atoms with Crippen LogP contribution in [0.3, 0.4) is 0 Å². The summed E-state index contributed by atoms with van der Waals surface area (Å²) >= 11 is 1.28. The van der Waals surface area contributed by atoms with Crippen LogP contribution in [-0.4, -0.2) is 23.0 Å². The number of ether oxygens (including phenoxy) is 2. The van der Waals surface area contributed by atoms with E-state index >= 15 is 0 Å². The van der Waals surface area contributed by atoms with Crippen LogP contribution in [0.15, 0.2) is 5.38 Å². The number of nitrogens with two attached hydrogens (primary N) is 1. The summed E-state index contributed by atoms with van der Waals surface area (Å²) in [5.74, 6) is -1.01. The topological polar surface area (TPSA) is 91.5 Å². The second-order valence-corrected chi connectivity index (χ2v) is 6.26. The summed E-state index contributed by atoms with van der Waals surface area (Å²) in [7, 11) is 0. The number of carbonyl (C=O) groups is 2. The number of hydrogen-bond acceptors (Lipinski definition) is 7. The average Bonchev–Trinajstić information content (AvgIpc) is 2.91. The van der Waals surface area contributed by atoms with E-state index in [0.29, 0.717) is 17.2 Å². The molecule has 102 valence electrons. The molecule has 0 amide bonds. The summed E-state index contributed by atoms with van der Waals surface area (Å²) in [4.78, 5) is 28.3. The molecular weight excluding hydrogens is 268 g/mol. The van der Waals surface area contributed by atoms with Crippen LogP contribution in [0.25, 0.3) is 0 Å². The largest absolute Gasteiger partial charge is 0.462 e. The Morgan fingerprint density at radius 2 is 2.21 bits per heavy atom. The van der Waals surface area contributed by atoms with Crippen molar-refractivity contribution in [1.82, 2.24) is 4.98 Å². The molecule has 3 heterocycles. The van der Waals surface area contributed by atoms with Crippen molar-refractivity contribution >= 4 is 28.4 Å². The zero-order valence-corrected chi connectivity index (χ0v) is 11.5. The lowest BCUT2D eigenvalue weighted by molar-refractivity contribution is -0.160. The number of thiazole rings is 1. The predicted octanol–water partition coefficient (Wildman–Crippen LogP) is 1.21. The van der Waals surface area contributed by atoms with Gasteiger partial charge in [0.25, 0.3) is 0 Å². The highest BCUT2D eigenvalue weighted by molar-refractivity contribution is 7.13. The summed E-state index contributed by atoms with van der Waals surface area (Å²) in [5, 5.41) is 2.17. The Morgan fingerprint density at radius 1 is 1.47 bits per heavy atom. The Hall–Kier alpha value is -1.63. The van der Waals surface area contributed by atoms with Crippen LogP contribution in [0.4, 0.5) is 5.13 Å². The van der Waals surface area contributed by atoms with Crippen molar-refractivity contribution in [1.29, 1.82) is 0 Å². The van der Waals surface area contributed by atoms with E-state index in [1.54, 1.807) is 19.2 Å². The average molecular weight is 282 g/mol. The molecule has 19 heavy (non-hydrogen) atoms. The van der Waals surface area contributed by atoms with Gasteiger partial charge >= 0.3 is 11.9 Å². The summed E-state index contributed by atoms with van der Waals surface area (Å²) in [6.45, 7) is 3.53. The first-order valence-electron chi connectivity index (χ1n) is 6.02. The maximum Gasteiger partial charge on any atom is 0.324 e. The molecule has 7 heteroatoms. The molecule has 0 saturated carbocycles. The third-order valence-corrected chi connectivity index (χ3v) is 4.42. The maximum absolute atomic E-state index is 12.2. The highest BCUT2D eigenvalue weighted by atomic mass is 32.1. The highest BCUT2D eigenvalue weighted by Gasteiger charge is 2.65.